The van der Waals surface area contributed by atoms with Crippen LogP contribution in [0.25, 0.3) is 0 Å². The van der Waals surface area contributed by atoms with Gasteiger partial charge in [0.05, 0.1) is 0 Å². The molecule has 3 rings (SSSR count). The Morgan fingerprint density at radius 2 is 1.89 bits per heavy atom. The van der Waals surface area contributed by atoms with Gasteiger partial charge >= 0.3 is 0 Å². The summed E-state index contributed by atoms with van der Waals surface area (Å²) >= 11 is 3.43. The number of aromatic nitrogens is 1. The van der Waals surface area contributed by atoms with Crippen molar-refractivity contribution < 1.29 is 0 Å². The molecule has 0 N–H and O–H groups in total. The van der Waals surface area contributed by atoms with Crippen molar-refractivity contribution in [2.24, 2.45) is 0 Å². The predicted octanol–water partition coefficient (Wildman–Crippen LogP) is 4.01. The zero-order chi connectivity index (χ0) is 12.4. The van der Waals surface area contributed by atoms with E-state index in [-0.39, 0.29) is 0 Å². The summed E-state index contributed by atoms with van der Waals surface area (Å²) < 4.78 is 1.03. The summed E-state index contributed by atoms with van der Waals surface area (Å²) in [5.74, 6) is 1.07. The maximum absolute atomic E-state index is 4.52. The molecule has 2 aromatic rings. The van der Waals surface area contributed by atoms with Gasteiger partial charge in [-0.2, -0.15) is 0 Å². The van der Waals surface area contributed by atoms with Crippen molar-refractivity contribution in [3.05, 3.63) is 58.7 Å². The Bertz CT molecular complexity index is 506. The SMILES string of the molecule is Brc1ccc(N(Cc2ccccc2)C2CC2)nc1. The fourth-order valence-corrected chi connectivity index (χ4v) is 2.34. The van der Waals surface area contributed by atoms with Gasteiger partial charge < -0.3 is 4.90 Å². The van der Waals surface area contributed by atoms with Crippen molar-refractivity contribution in [1.82, 2.24) is 4.98 Å². The molecule has 1 saturated carbocycles. The first kappa shape index (κ1) is 11.7. The molecule has 0 aliphatic heterocycles. The standard InChI is InChI=1S/C15H15BrN2/c16-13-6-9-15(17-10-13)18(14-7-8-14)11-12-4-2-1-3-5-12/h1-6,9-10,14H,7-8,11H2. The quantitative estimate of drug-likeness (QED) is 0.848. The van der Waals surface area contributed by atoms with Crippen LogP contribution in [-0.4, -0.2) is 11.0 Å². The van der Waals surface area contributed by atoms with Crippen LogP contribution in [0.3, 0.4) is 0 Å². The molecule has 1 aromatic carbocycles. The lowest BCUT2D eigenvalue weighted by Crippen LogP contribution is -2.25. The molecular formula is C15H15BrN2. The summed E-state index contributed by atoms with van der Waals surface area (Å²) in [4.78, 5) is 6.92. The van der Waals surface area contributed by atoms with E-state index in [1.807, 2.05) is 6.20 Å². The summed E-state index contributed by atoms with van der Waals surface area (Å²) in [6, 6.07) is 15.4. The molecule has 0 radical (unpaired) electrons. The number of anilines is 1. The normalized spacial score (nSPS) is 14.5. The molecule has 3 heteroatoms. The minimum Gasteiger partial charge on any atom is -0.349 e. The third kappa shape index (κ3) is 2.72. The van der Waals surface area contributed by atoms with Crippen molar-refractivity contribution in [2.45, 2.75) is 25.4 Å². The number of hydrogen-bond donors (Lipinski definition) is 0. The molecule has 0 saturated heterocycles. The number of rotatable bonds is 4. The fourth-order valence-electron chi connectivity index (χ4n) is 2.10. The maximum Gasteiger partial charge on any atom is 0.129 e. The summed E-state index contributed by atoms with van der Waals surface area (Å²) in [7, 11) is 0. The highest BCUT2D eigenvalue weighted by molar-refractivity contribution is 9.10. The second-order valence-corrected chi connectivity index (χ2v) is 5.59. The summed E-state index contributed by atoms with van der Waals surface area (Å²) in [6.45, 7) is 0.945. The largest absolute Gasteiger partial charge is 0.349 e. The van der Waals surface area contributed by atoms with Gasteiger partial charge in [-0.1, -0.05) is 30.3 Å². The molecule has 1 aromatic heterocycles. The molecule has 2 nitrogen and oxygen atoms in total. The van der Waals surface area contributed by atoms with Crippen molar-refractivity contribution in [1.29, 1.82) is 0 Å². The molecule has 92 valence electrons. The molecule has 1 aliphatic carbocycles. The van der Waals surface area contributed by atoms with Gasteiger partial charge in [-0.3, -0.25) is 0 Å². The Balaban J connectivity index is 1.82. The van der Waals surface area contributed by atoms with Crippen LogP contribution in [0.2, 0.25) is 0 Å². The van der Waals surface area contributed by atoms with Gasteiger partial charge in [0.15, 0.2) is 0 Å². The van der Waals surface area contributed by atoms with E-state index in [0.29, 0.717) is 6.04 Å². The highest BCUT2D eigenvalue weighted by Crippen LogP contribution is 2.32. The number of nitrogens with zero attached hydrogens (tertiary/aromatic N) is 2. The molecule has 0 amide bonds. The highest BCUT2D eigenvalue weighted by atomic mass is 79.9. The van der Waals surface area contributed by atoms with Crippen molar-refractivity contribution in [2.75, 3.05) is 4.90 Å². The van der Waals surface area contributed by atoms with Crippen LogP contribution in [0, 0.1) is 0 Å². The number of pyridine rings is 1. The molecule has 0 unspecified atom stereocenters. The molecule has 0 bridgehead atoms. The van der Waals surface area contributed by atoms with Crippen molar-refractivity contribution in [3.8, 4) is 0 Å². The highest BCUT2D eigenvalue weighted by Gasteiger charge is 2.29. The van der Waals surface area contributed by atoms with Crippen LogP contribution in [0.5, 0.6) is 0 Å². The Hall–Kier alpha value is -1.35. The molecule has 0 atom stereocenters. The first-order valence-electron chi connectivity index (χ1n) is 6.25. The van der Waals surface area contributed by atoms with E-state index in [0.717, 1.165) is 16.8 Å². The van der Waals surface area contributed by atoms with Gasteiger partial charge in [-0.05, 0) is 46.5 Å². The molecular weight excluding hydrogens is 288 g/mol. The van der Waals surface area contributed by atoms with Gasteiger partial charge in [-0.15, -0.1) is 0 Å². The third-order valence-corrected chi connectivity index (χ3v) is 3.66. The third-order valence-electron chi connectivity index (χ3n) is 3.19. The van der Waals surface area contributed by atoms with E-state index in [9.17, 15) is 0 Å². The maximum atomic E-state index is 4.52. The van der Waals surface area contributed by atoms with E-state index < -0.39 is 0 Å². The average Bonchev–Trinajstić information content (AvgIpc) is 3.23. The van der Waals surface area contributed by atoms with Gasteiger partial charge in [0.1, 0.15) is 5.82 Å². The van der Waals surface area contributed by atoms with Crippen molar-refractivity contribution in [3.63, 3.8) is 0 Å². The predicted molar refractivity (Wildman–Crippen MR) is 77.6 cm³/mol. The Labute approximate surface area is 116 Å². The number of benzene rings is 1. The minimum absolute atomic E-state index is 0.666. The van der Waals surface area contributed by atoms with Gasteiger partial charge in [-0.25, -0.2) is 4.98 Å². The molecule has 18 heavy (non-hydrogen) atoms. The van der Waals surface area contributed by atoms with Crippen LogP contribution in [0.4, 0.5) is 5.82 Å². The lowest BCUT2D eigenvalue weighted by atomic mass is 10.2. The number of halogens is 1. The van der Waals surface area contributed by atoms with E-state index in [1.165, 1.54) is 18.4 Å². The summed E-state index contributed by atoms with van der Waals surface area (Å²) in [5.41, 5.74) is 1.34. The summed E-state index contributed by atoms with van der Waals surface area (Å²) in [6.07, 6.45) is 4.44. The Morgan fingerprint density at radius 3 is 2.50 bits per heavy atom. The van der Waals surface area contributed by atoms with Crippen LogP contribution in [-0.2, 0) is 6.54 Å². The second kappa shape index (κ2) is 5.11. The van der Waals surface area contributed by atoms with E-state index in [1.54, 1.807) is 0 Å². The smallest absolute Gasteiger partial charge is 0.129 e. The molecule has 0 spiro atoms. The van der Waals surface area contributed by atoms with E-state index >= 15 is 0 Å². The molecule has 1 fully saturated rings. The minimum atomic E-state index is 0.666. The number of hydrogen-bond acceptors (Lipinski definition) is 2. The van der Waals surface area contributed by atoms with Gasteiger partial charge in [0, 0.05) is 23.3 Å². The zero-order valence-electron chi connectivity index (χ0n) is 10.1. The topological polar surface area (TPSA) is 16.1 Å². The lowest BCUT2D eigenvalue weighted by molar-refractivity contribution is 0.778. The monoisotopic (exact) mass is 302 g/mol. The van der Waals surface area contributed by atoms with Crippen LogP contribution in [0.15, 0.2) is 53.1 Å². The molecule has 1 aliphatic rings. The van der Waals surface area contributed by atoms with E-state index in [4.69, 9.17) is 0 Å². The van der Waals surface area contributed by atoms with E-state index in [2.05, 4.69) is 68.3 Å². The van der Waals surface area contributed by atoms with Crippen LogP contribution >= 0.6 is 15.9 Å². The molecule has 1 heterocycles. The average molecular weight is 303 g/mol. The Kier molecular flexibility index (Phi) is 3.33. The second-order valence-electron chi connectivity index (χ2n) is 4.68. The first-order valence-corrected chi connectivity index (χ1v) is 7.04. The van der Waals surface area contributed by atoms with Crippen LogP contribution < -0.4 is 4.90 Å². The summed E-state index contributed by atoms with van der Waals surface area (Å²) in [5, 5.41) is 0. The Morgan fingerprint density at radius 1 is 1.11 bits per heavy atom. The van der Waals surface area contributed by atoms with Gasteiger partial charge in [0.2, 0.25) is 0 Å². The van der Waals surface area contributed by atoms with Crippen LogP contribution in [0.1, 0.15) is 18.4 Å². The van der Waals surface area contributed by atoms with Gasteiger partial charge in [0.25, 0.3) is 0 Å². The first-order chi connectivity index (χ1) is 8.83. The zero-order valence-corrected chi connectivity index (χ0v) is 11.7. The lowest BCUT2D eigenvalue weighted by Gasteiger charge is -2.23. The van der Waals surface area contributed by atoms with Crippen molar-refractivity contribution >= 4 is 21.7 Å². The fraction of sp³-hybridized carbons (Fsp3) is 0.267.